The van der Waals surface area contributed by atoms with E-state index < -0.39 is 15.8 Å². The molecule has 1 aliphatic rings. The van der Waals surface area contributed by atoms with Gasteiger partial charge in [-0.15, -0.1) is 11.3 Å². The monoisotopic (exact) mass is 355 g/mol. The van der Waals surface area contributed by atoms with E-state index in [0.717, 1.165) is 11.3 Å². The lowest BCUT2D eigenvalue weighted by molar-refractivity contribution is 0.0497. The Balaban J connectivity index is 1.92. The number of hydrogen-bond donors (Lipinski definition) is 0. The molecule has 114 valence electrons. The summed E-state index contributed by atoms with van der Waals surface area (Å²) < 4.78 is 24.0. The fourth-order valence-electron chi connectivity index (χ4n) is 2.10. The van der Waals surface area contributed by atoms with Crippen LogP contribution in [0.15, 0.2) is 45.1 Å². The van der Waals surface area contributed by atoms with E-state index in [-0.39, 0.29) is 11.3 Å². The minimum Gasteiger partial charge on any atom is -0.312 e. The van der Waals surface area contributed by atoms with Gasteiger partial charge < -0.3 is 4.84 Å². The van der Waals surface area contributed by atoms with Crippen LogP contribution < -0.4 is 5.36 Å². The number of carbonyl (C=O) groups excluding carboxylic acids is 1. The molecule has 0 N–H and O–H groups in total. The molecule has 2 heterocycles. The lowest BCUT2D eigenvalue weighted by Gasteiger charge is -2.00. The van der Waals surface area contributed by atoms with Gasteiger partial charge in [0, 0.05) is 10.6 Å². The summed E-state index contributed by atoms with van der Waals surface area (Å²) in [6, 6.07) is 7.95. The Morgan fingerprint density at radius 3 is 2.91 bits per heavy atom. The maximum atomic E-state index is 11.9. The van der Waals surface area contributed by atoms with Gasteiger partial charge in [0.05, 0.1) is 11.3 Å². The second-order valence-corrected chi connectivity index (χ2v) is 8.28. The average Bonchev–Trinajstić information content (AvgIpc) is 2.81. The fraction of sp³-hybridized carbons (Fsp3) is 0.143. The molecule has 2 aromatic rings. The molecule has 0 spiro atoms. The van der Waals surface area contributed by atoms with Crippen LogP contribution in [0.25, 0.3) is 0 Å². The van der Waals surface area contributed by atoms with Crippen molar-refractivity contribution < 1.29 is 18.0 Å². The van der Waals surface area contributed by atoms with Gasteiger partial charge in [-0.05, 0) is 36.1 Å². The van der Waals surface area contributed by atoms with E-state index in [0.29, 0.717) is 26.6 Å². The number of nitrogens with zero attached hydrogens (tertiary/aromatic N) is 1. The zero-order chi connectivity index (χ0) is 15.7. The van der Waals surface area contributed by atoms with Crippen molar-refractivity contribution in [2.75, 3.05) is 5.75 Å². The van der Waals surface area contributed by atoms with Crippen LogP contribution in [-0.4, -0.2) is 20.1 Å². The molecule has 8 heteroatoms. The number of hydrogen-bond acceptors (Lipinski definition) is 6. The van der Waals surface area contributed by atoms with Gasteiger partial charge in [-0.25, -0.2) is 13.2 Å². The summed E-state index contributed by atoms with van der Waals surface area (Å²) in [5.74, 6) is -0.585. The van der Waals surface area contributed by atoms with Gasteiger partial charge in [-0.2, -0.15) is 0 Å². The van der Waals surface area contributed by atoms with Crippen molar-refractivity contribution >= 4 is 38.7 Å². The van der Waals surface area contributed by atoms with E-state index in [9.17, 15) is 13.2 Å². The molecule has 0 fully saturated rings. The van der Waals surface area contributed by atoms with E-state index in [1.165, 1.54) is 6.07 Å². The topological polar surface area (TPSA) is 72.8 Å². The number of sulfone groups is 1. The van der Waals surface area contributed by atoms with Crippen LogP contribution in [0.4, 0.5) is 0 Å². The first kappa shape index (κ1) is 15.2. The highest BCUT2D eigenvalue weighted by molar-refractivity contribution is 7.93. The average molecular weight is 356 g/mol. The molecule has 0 atom stereocenters. The Hall–Kier alpha value is -1.70. The largest absolute Gasteiger partial charge is 0.365 e. The van der Waals surface area contributed by atoms with E-state index in [1.807, 2.05) is 0 Å². The Morgan fingerprint density at radius 1 is 1.32 bits per heavy atom. The van der Waals surface area contributed by atoms with Crippen molar-refractivity contribution in [1.29, 1.82) is 0 Å². The Kier molecular flexibility index (Phi) is 4.03. The van der Waals surface area contributed by atoms with Gasteiger partial charge in [0.2, 0.25) is 0 Å². The standard InChI is InChI=1S/C14H10ClNO4S2/c15-10-3-1-2-9(8-10)13(17)20-16-12-4-6-21-14-11(12)5-7-22(14,18)19/h1-4,6,8H,5,7H2. The van der Waals surface area contributed by atoms with E-state index in [2.05, 4.69) is 5.16 Å². The zero-order valence-corrected chi connectivity index (χ0v) is 13.5. The first-order chi connectivity index (χ1) is 10.5. The molecule has 0 bridgehead atoms. The molecule has 0 unspecified atom stereocenters. The van der Waals surface area contributed by atoms with E-state index >= 15 is 0 Å². The van der Waals surface area contributed by atoms with Crippen LogP contribution in [0.3, 0.4) is 0 Å². The summed E-state index contributed by atoms with van der Waals surface area (Å²) in [6.07, 6.45) is 0.378. The smallest absolute Gasteiger partial charge is 0.312 e. The van der Waals surface area contributed by atoms with Crippen molar-refractivity contribution in [2.24, 2.45) is 5.16 Å². The van der Waals surface area contributed by atoms with Crippen LogP contribution >= 0.6 is 22.9 Å². The molecule has 1 aliphatic heterocycles. The van der Waals surface area contributed by atoms with Gasteiger partial charge in [-0.1, -0.05) is 22.8 Å². The number of benzene rings is 1. The molecule has 0 saturated carbocycles. The van der Waals surface area contributed by atoms with Crippen molar-refractivity contribution in [2.45, 2.75) is 10.6 Å². The van der Waals surface area contributed by atoms with E-state index in [4.69, 9.17) is 16.4 Å². The molecule has 0 saturated heterocycles. The minimum atomic E-state index is -3.22. The van der Waals surface area contributed by atoms with Crippen molar-refractivity contribution in [3.63, 3.8) is 0 Å². The molecular weight excluding hydrogens is 346 g/mol. The van der Waals surface area contributed by atoms with Crippen LogP contribution in [-0.2, 0) is 21.1 Å². The maximum Gasteiger partial charge on any atom is 0.365 e. The summed E-state index contributed by atoms with van der Waals surface area (Å²) in [5.41, 5.74) is 0.880. The van der Waals surface area contributed by atoms with Crippen LogP contribution in [0, 0.1) is 0 Å². The maximum absolute atomic E-state index is 11.9. The highest BCUT2D eigenvalue weighted by Gasteiger charge is 2.28. The lowest BCUT2D eigenvalue weighted by Crippen LogP contribution is -2.11. The molecule has 0 amide bonds. The fourth-order valence-corrected chi connectivity index (χ4v) is 5.20. The summed E-state index contributed by atoms with van der Waals surface area (Å²) in [5, 5.41) is 6.20. The highest BCUT2D eigenvalue weighted by atomic mass is 35.5. The number of fused-ring (bicyclic) bond motifs is 1. The quantitative estimate of drug-likeness (QED) is 0.612. The third-order valence-electron chi connectivity index (χ3n) is 3.15. The minimum absolute atomic E-state index is 0.0631. The summed E-state index contributed by atoms with van der Waals surface area (Å²) in [7, 11) is -3.22. The van der Waals surface area contributed by atoms with Gasteiger partial charge in [0.1, 0.15) is 9.57 Å². The molecule has 3 rings (SSSR count). The van der Waals surface area contributed by atoms with Gasteiger partial charge >= 0.3 is 5.97 Å². The van der Waals surface area contributed by atoms with Crippen LogP contribution in [0.5, 0.6) is 0 Å². The van der Waals surface area contributed by atoms with Crippen molar-refractivity contribution in [1.82, 2.24) is 0 Å². The van der Waals surface area contributed by atoms with Gasteiger partial charge in [0.15, 0.2) is 9.84 Å². The lowest BCUT2D eigenvalue weighted by atomic mass is 10.2. The SMILES string of the molecule is O=C(ON=c1ccsc2c1CCS2(=O)=O)c1cccc(Cl)c1. The second-order valence-electron chi connectivity index (χ2n) is 4.62. The Labute approximate surface area is 135 Å². The molecule has 5 nitrogen and oxygen atoms in total. The Bertz CT molecular complexity index is 918. The second kappa shape index (κ2) is 5.83. The third kappa shape index (κ3) is 2.92. The molecule has 0 radical (unpaired) electrons. The van der Waals surface area contributed by atoms with Crippen LogP contribution in [0.1, 0.15) is 15.9 Å². The first-order valence-corrected chi connectivity index (χ1v) is 9.23. The van der Waals surface area contributed by atoms with Crippen molar-refractivity contribution in [3.8, 4) is 0 Å². The summed E-state index contributed by atoms with van der Waals surface area (Å²) >= 11 is 6.96. The number of rotatable bonds is 2. The predicted molar refractivity (Wildman–Crippen MR) is 82.5 cm³/mol. The summed E-state index contributed by atoms with van der Waals surface area (Å²) in [6.45, 7) is 0. The highest BCUT2D eigenvalue weighted by Crippen LogP contribution is 2.26. The normalized spacial score (nSPS) is 16.3. The van der Waals surface area contributed by atoms with E-state index in [1.54, 1.807) is 29.6 Å². The molecular formula is C14H10ClNO4S2. The summed E-state index contributed by atoms with van der Waals surface area (Å²) in [4.78, 5) is 16.8. The molecule has 1 aromatic heterocycles. The van der Waals surface area contributed by atoms with Crippen molar-refractivity contribution in [3.05, 3.63) is 57.2 Å². The predicted octanol–water partition coefficient (Wildman–Crippen LogP) is 2.40. The number of carbonyl (C=O) groups is 1. The van der Waals surface area contributed by atoms with Crippen LogP contribution in [0.2, 0.25) is 5.02 Å². The first-order valence-electron chi connectivity index (χ1n) is 6.32. The Morgan fingerprint density at radius 2 is 2.14 bits per heavy atom. The van der Waals surface area contributed by atoms with Gasteiger partial charge in [-0.3, -0.25) is 0 Å². The molecule has 0 aliphatic carbocycles. The van der Waals surface area contributed by atoms with Gasteiger partial charge in [0.25, 0.3) is 0 Å². The molecule has 22 heavy (non-hydrogen) atoms. The third-order valence-corrected chi connectivity index (χ3v) is 6.72. The molecule has 1 aromatic carbocycles. The number of halogens is 1. The zero-order valence-electron chi connectivity index (χ0n) is 11.2.